The summed E-state index contributed by atoms with van der Waals surface area (Å²) in [6.45, 7) is 0. The van der Waals surface area contributed by atoms with Gasteiger partial charge < -0.3 is 9.52 Å². The van der Waals surface area contributed by atoms with Crippen LogP contribution in [-0.2, 0) is 0 Å². The number of phenols is 1. The summed E-state index contributed by atoms with van der Waals surface area (Å²) < 4.78 is 5.23. The minimum absolute atomic E-state index is 0.0815. The molecule has 126 valence electrons. The molecule has 26 heavy (non-hydrogen) atoms. The van der Waals surface area contributed by atoms with E-state index in [9.17, 15) is 9.90 Å². The smallest absolute Gasteiger partial charge is 0.336 e. The Balaban J connectivity index is 2.03. The van der Waals surface area contributed by atoms with Crippen molar-refractivity contribution in [2.24, 2.45) is 0 Å². The van der Waals surface area contributed by atoms with Gasteiger partial charge in [0.25, 0.3) is 0 Å². The monoisotopic (exact) mass is 340 g/mol. The zero-order valence-electron chi connectivity index (χ0n) is 13.9. The summed E-state index contributed by atoms with van der Waals surface area (Å²) in [5.74, 6) is 0.0815. The molecule has 0 radical (unpaired) electrons. The molecule has 0 bridgehead atoms. The van der Waals surface area contributed by atoms with Gasteiger partial charge in [-0.3, -0.25) is 0 Å². The molecule has 0 aliphatic carbocycles. The van der Waals surface area contributed by atoms with Gasteiger partial charge in [-0.05, 0) is 40.5 Å². The Hall–Kier alpha value is -3.59. The zero-order valence-corrected chi connectivity index (χ0v) is 13.9. The van der Waals surface area contributed by atoms with Crippen molar-refractivity contribution in [2.45, 2.75) is 0 Å². The van der Waals surface area contributed by atoms with Crippen LogP contribution in [0.25, 0.3) is 22.6 Å². The lowest BCUT2D eigenvalue weighted by Gasteiger charge is -2.10. The first-order chi connectivity index (χ1) is 12.7. The van der Waals surface area contributed by atoms with Crippen LogP contribution in [0.15, 0.2) is 94.1 Å². The third kappa shape index (κ3) is 3.03. The number of rotatable bonds is 3. The fourth-order valence-corrected chi connectivity index (χ4v) is 3.07. The first-order valence-corrected chi connectivity index (χ1v) is 8.31. The van der Waals surface area contributed by atoms with Crippen molar-refractivity contribution in [3.05, 3.63) is 112 Å². The minimum Gasteiger partial charge on any atom is -0.507 e. The highest BCUT2D eigenvalue weighted by Crippen LogP contribution is 2.32. The molecule has 0 amide bonds. The number of benzene rings is 3. The molecule has 4 rings (SSSR count). The minimum atomic E-state index is -0.449. The van der Waals surface area contributed by atoms with E-state index in [1.54, 1.807) is 18.2 Å². The normalized spacial score (nSPS) is 10.6. The molecule has 4 aromatic rings. The number of hydrogen-bond donors (Lipinski definition) is 1. The molecule has 0 fully saturated rings. The van der Waals surface area contributed by atoms with Crippen molar-refractivity contribution < 1.29 is 9.52 Å². The van der Waals surface area contributed by atoms with Gasteiger partial charge in [-0.15, -0.1) is 0 Å². The summed E-state index contributed by atoms with van der Waals surface area (Å²) in [4.78, 5) is 12.0. The third-order valence-corrected chi connectivity index (χ3v) is 4.25. The molecular formula is C23H16O3. The average Bonchev–Trinajstić information content (AvgIpc) is 2.67. The van der Waals surface area contributed by atoms with Crippen LogP contribution in [0, 0.1) is 0 Å². The van der Waals surface area contributed by atoms with Crippen LogP contribution in [0.2, 0.25) is 0 Å². The maximum atomic E-state index is 12.0. The molecule has 0 unspecified atom stereocenters. The molecular weight excluding hydrogens is 324 g/mol. The van der Waals surface area contributed by atoms with Crippen LogP contribution < -0.4 is 5.63 Å². The van der Waals surface area contributed by atoms with E-state index >= 15 is 0 Å². The first kappa shape index (κ1) is 15.9. The molecule has 0 aliphatic rings. The second-order valence-electron chi connectivity index (χ2n) is 5.96. The Bertz CT molecular complexity index is 1100. The van der Waals surface area contributed by atoms with Crippen molar-refractivity contribution in [2.75, 3.05) is 0 Å². The fraction of sp³-hybridized carbons (Fsp3) is 0. The molecule has 3 aromatic carbocycles. The molecule has 3 nitrogen and oxygen atoms in total. The maximum Gasteiger partial charge on any atom is 0.336 e. The highest BCUT2D eigenvalue weighted by Gasteiger charge is 2.11. The van der Waals surface area contributed by atoms with Crippen LogP contribution in [-0.4, -0.2) is 5.11 Å². The standard InChI is InChI=1S/C23H16O3/c24-20-12-7-13-21-23(20)18(15-22(25)26-21)14-19(16-8-3-1-4-9-16)17-10-5-2-6-11-17/h1-15,24H. The van der Waals surface area contributed by atoms with E-state index in [1.165, 1.54) is 6.07 Å². The SMILES string of the molecule is O=c1cc(C=C(c2ccccc2)c2ccccc2)c2c(O)cccc2o1. The van der Waals surface area contributed by atoms with E-state index < -0.39 is 5.63 Å². The van der Waals surface area contributed by atoms with E-state index in [0.29, 0.717) is 16.5 Å². The summed E-state index contributed by atoms with van der Waals surface area (Å²) in [5, 5.41) is 10.8. The van der Waals surface area contributed by atoms with E-state index in [1.807, 2.05) is 66.7 Å². The van der Waals surface area contributed by atoms with E-state index in [2.05, 4.69) is 0 Å². The van der Waals surface area contributed by atoms with Gasteiger partial charge in [0, 0.05) is 6.07 Å². The van der Waals surface area contributed by atoms with Crippen LogP contribution in [0.5, 0.6) is 5.75 Å². The van der Waals surface area contributed by atoms with Gasteiger partial charge >= 0.3 is 5.63 Å². The first-order valence-electron chi connectivity index (χ1n) is 8.31. The summed E-state index contributed by atoms with van der Waals surface area (Å²) >= 11 is 0. The summed E-state index contributed by atoms with van der Waals surface area (Å²) in [6, 6.07) is 26.2. The Morgan fingerprint density at radius 1 is 0.808 bits per heavy atom. The Morgan fingerprint density at radius 2 is 1.42 bits per heavy atom. The van der Waals surface area contributed by atoms with E-state index in [0.717, 1.165) is 16.7 Å². The number of hydrogen-bond acceptors (Lipinski definition) is 3. The Kier molecular flexibility index (Phi) is 4.12. The lowest BCUT2D eigenvalue weighted by Crippen LogP contribution is -1.99. The largest absolute Gasteiger partial charge is 0.507 e. The zero-order chi connectivity index (χ0) is 17.9. The van der Waals surface area contributed by atoms with Gasteiger partial charge in [0.05, 0.1) is 5.39 Å². The van der Waals surface area contributed by atoms with Crippen molar-refractivity contribution in [1.82, 2.24) is 0 Å². The molecule has 0 aliphatic heterocycles. The molecule has 0 saturated heterocycles. The summed E-state index contributed by atoms with van der Waals surface area (Å²) in [5.41, 5.74) is 3.54. The second-order valence-corrected chi connectivity index (χ2v) is 5.96. The molecule has 0 saturated carbocycles. The van der Waals surface area contributed by atoms with Crippen LogP contribution >= 0.6 is 0 Å². The van der Waals surface area contributed by atoms with Gasteiger partial charge in [-0.1, -0.05) is 66.7 Å². The van der Waals surface area contributed by atoms with Crippen molar-refractivity contribution in [3.63, 3.8) is 0 Å². The molecule has 0 spiro atoms. The summed E-state index contributed by atoms with van der Waals surface area (Å²) in [7, 11) is 0. The highest BCUT2D eigenvalue weighted by atomic mass is 16.4. The average molecular weight is 340 g/mol. The number of fused-ring (bicyclic) bond motifs is 1. The topological polar surface area (TPSA) is 50.4 Å². The van der Waals surface area contributed by atoms with Crippen LogP contribution in [0.4, 0.5) is 0 Å². The van der Waals surface area contributed by atoms with Crippen molar-refractivity contribution >= 4 is 22.6 Å². The molecule has 1 N–H and O–H groups in total. The highest BCUT2D eigenvalue weighted by molar-refractivity contribution is 5.99. The van der Waals surface area contributed by atoms with Crippen molar-refractivity contribution in [3.8, 4) is 5.75 Å². The molecule has 3 heteroatoms. The van der Waals surface area contributed by atoms with Gasteiger partial charge in [-0.2, -0.15) is 0 Å². The quantitative estimate of drug-likeness (QED) is 0.529. The number of aromatic hydroxyl groups is 1. The Labute approximate surface area is 150 Å². The van der Waals surface area contributed by atoms with Gasteiger partial charge in [0.2, 0.25) is 0 Å². The van der Waals surface area contributed by atoms with Crippen LogP contribution in [0.3, 0.4) is 0 Å². The van der Waals surface area contributed by atoms with E-state index in [4.69, 9.17) is 4.42 Å². The molecule has 0 atom stereocenters. The molecule has 1 aromatic heterocycles. The van der Waals surface area contributed by atoms with Crippen molar-refractivity contribution in [1.29, 1.82) is 0 Å². The third-order valence-electron chi connectivity index (χ3n) is 4.25. The van der Waals surface area contributed by atoms with Crippen LogP contribution in [0.1, 0.15) is 16.7 Å². The lowest BCUT2D eigenvalue weighted by atomic mass is 9.95. The predicted octanol–water partition coefficient (Wildman–Crippen LogP) is 5.09. The van der Waals surface area contributed by atoms with E-state index in [-0.39, 0.29) is 5.75 Å². The Morgan fingerprint density at radius 3 is 2.04 bits per heavy atom. The van der Waals surface area contributed by atoms with Gasteiger partial charge in [0.1, 0.15) is 11.3 Å². The van der Waals surface area contributed by atoms with Gasteiger partial charge in [-0.25, -0.2) is 4.79 Å². The fourth-order valence-electron chi connectivity index (χ4n) is 3.07. The predicted molar refractivity (Wildman–Crippen MR) is 104 cm³/mol. The maximum absolute atomic E-state index is 12.0. The second kappa shape index (κ2) is 6.73. The number of phenolic OH excluding ortho intramolecular Hbond substituents is 1. The molecule has 1 heterocycles. The summed E-state index contributed by atoms with van der Waals surface area (Å²) in [6.07, 6.45) is 1.92. The van der Waals surface area contributed by atoms with Gasteiger partial charge in [0.15, 0.2) is 0 Å². The lowest BCUT2D eigenvalue weighted by molar-refractivity contribution is 0.479.